The number of aromatic nitrogens is 1. The number of hydrogen-bond acceptors (Lipinski definition) is 5. The van der Waals surface area contributed by atoms with Gasteiger partial charge in [0.15, 0.2) is 11.6 Å². The van der Waals surface area contributed by atoms with Crippen molar-refractivity contribution in [2.45, 2.75) is 13.0 Å². The van der Waals surface area contributed by atoms with Gasteiger partial charge in [-0.15, -0.1) is 0 Å². The highest BCUT2D eigenvalue weighted by atomic mass is 19.1. The lowest BCUT2D eigenvalue weighted by Gasteiger charge is -2.32. The summed E-state index contributed by atoms with van der Waals surface area (Å²) in [6, 6.07) is 1.37. The lowest BCUT2D eigenvalue weighted by atomic mass is 10.2. The molecule has 1 aromatic heterocycles. The molecule has 0 spiro atoms. The fourth-order valence-corrected chi connectivity index (χ4v) is 2.29. The van der Waals surface area contributed by atoms with Crippen molar-refractivity contribution < 1.29 is 13.9 Å². The van der Waals surface area contributed by atoms with Crippen LogP contribution in [0.4, 0.5) is 10.2 Å². The monoisotopic (exact) mass is 296 g/mol. The summed E-state index contributed by atoms with van der Waals surface area (Å²) >= 11 is 0. The van der Waals surface area contributed by atoms with Crippen LogP contribution in [0.15, 0.2) is 12.3 Å². The predicted octanol–water partition coefficient (Wildman–Crippen LogP) is 0.713. The molecule has 21 heavy (non-hydrogen) atoms. The van der Waals surface area contributed by atoms with Gasteiger partial charge in [-0.05, 0) is 12.6 Å². The first-order chi connectivity index (χ1) is 10.2. The van der Waals surface area contributed by atoms with E-state index in [4.69, 9.17) is 4.74 Å². The molecule has 2 rings (SSSR count). The fourth-order valence-electron chi connectivity index (χ4n) is 2.29. The van der Waals surface area contributed by atoms with Gasteiger partial charge in [-0.1, -0.05) is 6.92 Å². The van der Waals surface area contributed by atoms with Crippen LogP contribution in [0.1, 0.15) is 17.3 Å². The highest BCUT2D eigenvalue weighted by Gasteiger charge is 2.21. The Balaban J connectivity index is 1.93. The Morgan fingerprint density at radius 2 is 2.43 bits per heavy atom. The summed E-state index contributed by atoms with van der Waals surface area (Å²) in [5.74, 6) is -1.03. The summed E-state index contributed by atoms with van der Waals surface area (Å²) in [6.45, 7) is 5.75. The summed E-state index contributed by atoms with van der Waals surface area (Å²) in [6.07, 6.45) is 1.34. The molecule has 1 aromatic rings. The van der Waals surface area contributed by atoms with Crippen LogP contribution in [0.5, 0.6) is 0 Å². The molecule has 2 N–H and O–H groups in total. The molecule has 0 bridgehead atoms. The Bertz CT molecular complexity index is 498. The molecule has 0 saturated carbocycles. The Hall–Kier alpha value is -1.73. The molecule has 1 fully saturated rings. The standard InChI is InChI=1S/C14H21FN4O2/c1-3-19-6-7-21-10(9-19)8-18-14(20)11-4-5-17-13(16-2)12(11)15/h4-5,10H,3,6-9H2,1-2H3,(H,16,17)(H,18,20). The summed E-state index contributed by atoms with van der Waals surface area (Å²) in [7, 11) is 1.56. The minimum Gasteiger partial charge on any atom is -0.374 e. The first-order valence-corrected chi connectivity index (χ1v) is 7.10. The lowest BCUT2D eigenvalue weighted by molar-refractivity contribution is -0.0246. The van der Waals surface area contributed by atoms with Crippen molar-refractivity contribution in [1.29, 1.82) is 0 Å². The third-order valence-corrected chi connectivity index (χ3v) is 3.53. The Kier molecular flexibility index (Phi) is 5.46. The van der Waals surface area contributed by atoms with Crippen molar-refractivity contribution in [2.24, 2.45) is 0 Å². The first-order valence-electron chi connectivity index (χ1n) is 7.10. The summed E-state index contributed by atoms with van der Waals surface area (Å²) < 4.78 is 19.6. The molecule has 1 amide bonds. The smallest absolute Gasteiger partial charge is 0.254 e. The van der Waals surface area contributed by atoms with E-state index >= 15 is 0 Å². The number of anilines is 1. The van der Waals surface area contributed by atoms with Gasteiger partial charge in [0.2, 0.25) is 0 Å². The number of carbonyl (C=O) groups is 1. The highest BCUT2D eigenvalue weighted by Crippen LogP contribution is 2.14. The molecule has 1 saturated heterocycles. The van der Waals surface area contributed by atoms with Crippen LogP contribution in [0.3, 0.4) is 0 Å². The maximum Gasteiger partial charge on any atom is 0.254 e. The van der Waals surface area contributed by atoms with Gasteiger partial charge in [0.05, 0.1) is 18.3 Å². The molecule has 1 atom stereocenters. The van der Waals surface area contributed by atoms with Crippen molar-refractivity contribution >= 4 is 11.7 Å². The van der Waals surface area contributed by atoms with E-state index in [1.165, 1.54) is 12.3 Å². The van der Waals surface area contributed by atoms with E-state index in [1.54, 1.807) is 7.05 Å². The minimum atomic E-state index is -0.641. The van der Waals surface area contributed by atoms with Crippen LogP contribution >= 0.6 is 0 Å². The normalized spacial score (nSPS) is 19.3. The van der Waals surface area contributed by atoms with Crippen molar-refractivity contribution in [3.8, 4) is 0 Å². The number of likely N-dealkylation sites (N-methyl/N-ethyl adjacent to an activating group) is 1. The van der Waals surface area contributed by atoms with E-state index < -0.39 is 11.7 Å². The average molecular weight is 296 g/mol. The van der Waals surface area contributed by atoms with E-state index in [1.807, 2.05) is 0 Å². The van der Waals surface area contributed by atoms with Gasteiger partial charge in [0, 0.05) is 32.9 Å². The highest BCUT2D eigenvalue weighted by molar-refractivity contribution is 5.95. The predicted molar refractivity (Wildman–Crippen MR) is 77.9 cm³/mol. The molecule has 7 heteroatoms. The third-order valence-electron chi connectivity index (χ3n) is 3.53. The molecule has 1 unspecified atom stereocenters. The van der Waals surface area contributed by atoms with Gasteiger partial charge in [-0.25, -0.2) is 9.37 Å². The molecule has 0 aromatic carbocycles. The number of ether oxygens (including phenoxy) is 1. The van der Waals surface area contributed by atoms with Gasteiger partial charge < -0.3 is 15.4 Å². The molecule has 6 nitrogen and oxygen atoms in total. The molecular formula is C14H21FN4O2. The van der Waals surface area contributed by atoms with Crippen molar-refractivity contribution in [1.82, 2.24) is 15.2 Å². The van der Waals surface area contributed by atoms with Gasteiger partial charge in [0.1, 0.15) is 0 Å². The van der Waals surface area contributed by atoms with Gasteiger partial charge in [0.25, 0.3) is 5.91 Å². The lowest BCUT2D eigenvalue weighted by Crippen LogP contribution is -2.47. The van der Waals surface area contributed by atoms with E-state index in [0.29, 0.717) is 13.2 Å². The van der Waals surface area contributed by atoms with E-state index in [2.05, 4.69) is 27.4 Å². The second kappa shape index (κ2) is 7.33. The molecular weight excluding hydrogens is 275 g/mol. The number of rotatable bonds is 5. The van der Waals surface area contributed by atoms with E-state index in [-0.39, 0.29) is 17.5 Å². The van der Waals surface area contributed by atoms with Crippen LogP contribution in [0, 0.1) is 5.82 Å². The van der Waals surface area contributed by atoms with Gasteiger partial charge in [-0.3, -0.25) is 9.69 Å². The Morgan fingerprint density at radius 3 is 3.14 bits per heavy atom. The number of amides is 1. The van der Waals surface area contributed by atoms with Gasteiger partial charge >= 0.3 is 0 Å². The molecule has 1 aliphatic rings. The molecule has 2 heterocycles. The Labute approximate surface area is 123 Å². The number of nitrogens with zero attached hydrogens (tertiary/aromatic N) is 2. The third kappa shape index (κ3) is 3.89. The maximum absolute atomic E-state index is 14.0. The number of morpholine rings is 1. The molecule has 1 aliphatic heterocycles. The largest absolute Gasteiger partial charge is 0.374 e. The summed E-state index contributed by atoms with van der Waals surface area (Å²) in [5.41, 5.74) is -0.0162. The SMILES string of the molecule is CCN1CCOC(CNC(=O)c2ccnc(NC)c2F)C1. The zero-order valence-electron chi connectivity index (χ0n) is 12.4. The van der Waals surface area contributed by atoms with Crippen molar-refractivity contribution in [3.05, 3.63) is 23.6 Å². The summed E-state index contributed by atoms with van der Waals surface area (Å²) in [4.78, 5) is 18.1. The number of pyridine rings is 1. The van der Waals surface area contributed by atoms with E-state index in [9.17, 15) is 9.18 Å². The zero-order valence-corrected chi connectivity index (χ0v) is 12.4. The topological polar surface area (TPSA) is 66.5 Å². The van der Waals surface area contributed by atoms with Crippen molar-refractivity contribution in [2.75, 3.05) is 45.2 Å². The number of hydrogen-bond donors (Lipinski definition) is 2. The first kappa shape index (κ1) is 15.7. The maximum atomic E-state index is 14.0. The quantitative estimate of drug-likeness (QED) is 0.838. The second-order valence-corrected chi connectivity index (χ2v) is 4.87. The van der Waals surface area contributed by atoms with E-state index in [0.717, 1.165) is 19.6 Å². The average Bonchev–Trinajstić information content (AvgIpc) is 2.53. The fraction of sp³-hybridized carbons (Fsp3) is 0.571. The molecule has 0 radical (unpaired) electrons. The number of carbonyl (C=O) groups excluding carboxylic acids is 1. The van der Waals surface area contributed by atoms with Crippen LogP contribution in [0.2, 0.25) is 0 Å². The van der Waals surface area contributed by atoms with Crippen LogP contribution < -0.4 is 10.6 Å². The van der Waals surface area contributed by atoms with Crippen LogP contribution in [0.25, 0.3) is 0 Å². The van der Waals surface area contributed by atoms with Crippen LogP contribution in [-0.4, -0.2) is 61.7 Å². The van der Waals surface area contributed by atoms with Gasteiger partial charge in [-0.2, -0.15) is 0 Å². The zero-order chi connectivity index (χ0) is 15.2. The van der Waals surface area contributed by atoms with Crippen molar-refractivity contribution in [3.63, 3.8) is 0 Å². The Morgan fingerprint density at radius 1 is 1.62 bits per heavy atom. The molecule has 116 valence electrons. The molecule has 0 aliphatic carbocycles. The number of halogens is 1. The number of nitrogens with one attached hydrogen (secondary N) is 2. The summed E-state index contributed by atoms with van der Waals surface area (Å²) in [5, 5.41) is 5.33. The minimum absolute atomic E-state index is 0.0162. The second-order valence-electron chi connectivity index (χ2n) is 4.87. The van der Waals surface area contributed by atoms with Crippen LogP contribution in [-0.2, 0) is 4.74 Å².